The van der Waals surface area contributed by atoms with E-state index in [1.807, 2.05) is 0 Å². The maximum atomic E-state index is 6.07. The number of benzene rings is 1. The Balaban J connectivity index is 2.01. The minimum absolute atomic E-state index is 0.563. The lowest BCUT2D eigenvalue weighted by Crippen LogP contribution is -2.33. The quantitative estimate of drug-likeness (QED) is 0.588. The summed E-state index contributed by atoms with van der Waals surface area (Å²) in [7, 11) is 0. The van der Waals surface area contributed by atoms with Crippen LogP contribution in [0, 0.1) is 0 Å². The number of nitrogens with one attached hydrogen (secondary N) is 1. The predicted octanol–water partition coefficient (Wildman–Crippen LogP) is 4.40. The van der Waals surface area contributed by atoms with E-state index in [1.165, 1.54) is 29.3 Å². The van der Waals surface area contributed by atoms with Crippen molar-refractivity contribution >= 4 is 22.5 Å². The molecule has 1 unspecified atom stereocenters. The molecule has 1 heterocycles. The van der Waals surface area contributed by atoms with Crippen LogP contribution < -0.4 is 0 Å². The van der Waals surface area contributed by atoms with Crippen LogP contribution in [0.25, 0.3) is 10.9 Å². The van der Waals surface area contributed by atoms with Gasteiger partial charge in [0.2, 0.25) is 0 Å². The first-order valence-electron chi connectivity index (χ1n) is 7.11. The van der Waals surface area contributed by atoms with Gasteiger partial charge in [-0.3, -0.25) is 4.90 Å². The number of nitrogens with zero attached hydrogens (tertiary/aromatic N) is 1. The second kappa shape index (κ2) is 6.97. The van der Waals surface area contributed by atoms with E-state index < -0.39 is 0 Å². The second-order valence-corrected chi connectivity index (χ2v) is 5.42. The van der Waals surface area contributed by atoms with E-state index in [0.29, 0.717) is 12.0 Å². The highest BCUT2D eigenvalue weighted by atomic mass is 35.5. The molecule has 0 aliphatic heterocycles. The Morgan fingerprint density at radius 2 is 2.11 bits per heavy atom. The van der Waals surface area contributed by atoms with Crippen molar-refractivity contribution in [2.75, 3.05) is 12.5 Å². The monoisotopic (exact) mass is 278 g/mol. The number of para-hydroxylation sites is 1. The van der Waals surface area contributed by atoms with Crippen molar-refractivity contribution in [2.45, 2.75) is 39.2 Å². The van der Waals surface area contributed by atoms with Crippen LogP contribution in [0.2, 0.25) is 0 Å². The number of hydrogen-bond acceptors (Lipinski definition) is 1. The van der Waals surface area contributed by atoms with Crippen molar-refractivity contribution in [1.82, 2.24) is 9.88 Å². The average molecular weight is 279 g/mol. The lowest BCUT2D eigenvalue weighted by Gasteiger charge is -2.26. The molecule has 0 bridgehead atoms. The molecule has 0 spiro atoms. The summed E-state index contributed by atoms with van der Waals surface area (Å²) in [5.41, 5.74) is 2.60. The summed E-state index contributed by atoms with van der Waals surface area (Å²) in [6.07, 6.45) is 5.59. The van der Waals surface area contributed by atoms with Crippen molar-refractivity contribution in [2.24, 2.45) is 0 Å². The Morgan fingerprint density at radius 1 is 1.32 bits per heavy atom. The van der Waals surface area contributed by atoms with E-state index >= 15 is 0 Å². The van der Waals surface area contributed by atoms with Crippen molar-refractivity contribution < 1.29 is 0 Å². The Kier molecular flexibility index (Phi) is 5.29. The Labute approximate surface area is 120 Å². The lowest BCUT2D eigenvalue weighted by atomic mass is 10.1. The molecule has 0 radical (unpaired) electrons. The SMILES string of the molecule is CCCC(C)N(CCl)CCc1c[nH]c2ccccc12. The number of fused-ring (bicyclic) bond motifs is 1. The Hall–Kier alpha value is -0.990. The zero-order chi connectivity index (χ0) is 13.7. The molecule has 0 fully saturated rings. The van der Waals surface area contributed by atoms with Crippen LogP contribution in [-0.4, -0.2) is 28.5 Å². The molecule has 1 aromatic carbocycles. The maximum absolute atomic E-state index is 6.07. The lowest BCUT2D eigenvalue weighted by molar-refractivity contribution is 0.235. The third kappa shape index (κ3) is 3.52. The molecule has 3 heteroatoms. The maximum Gasteiger partial charge on any atom is 0.0740 e. The fourth-order valence-electron chi connectivity index (χ4n) is 2.60. The van der Waals surface area contributed by atoms with Gasteiger partial charge < -0.3 is 4.98 Å². The number of hydrogen-bond donors (Lipinski definition) is 1. The van der Waals surface area contributed by atoms with E-state index in [4.69, 9.17) is 11.6 Å². The van der Waals surface area contributed by atoms with Crippen molar-refractivity contribution in [3.05, 3.63) is 36.0 Å². The summed E-state index contributed by atoms with van der Waals surface area (Å²) < 4.78 is 0. The number of aromatic amines is 1. The van der Waals surface area contributed by atoms with Crippen LogP contribution in [0.15, 0.2) is 30.5 Å². The summed E-state index contributed by atoms with van der Waals surface area (Å²) in [6, 6.07) is 9.64. The number of rotatable bonds is 7. The number of H-pyrrole nitrogens is 1. The van der Waals surface area contributed by atoms with Crippen LogP contribution >= 0.6 is 11.6 Å². The zero-order valence-electron chi connectivity index (χ0n) is 11.8. The van der Waals surface area contributed by atoms with Crippen LogP contribution in [-0.2, 0) is 6.42 Å². The molecule has 0 amide bonds. The molecule has 1 aromatic heterocycles. The number of alkyl halides is 1. The normalized spacial score (nSPS) is 13.3. The fourth-order valence-corrected chi connectivity index (χ4v) is 2.96. The van der Waals surface area contributed by atoms with E-state index in [2.05, 4.69) is 54.2 Å². The molecule has 1 atom stereocenters. The smallest absolute Gasteiger partial charge is 0.0740 e. The Morgan fingerprint density at radius 3 is 2.84 bits per heavy atom. The van der Waals surface area contributed by atoms with Crippen LogP contribution in [0.3, 0.4) is 0 Å². The van der Waals surface area contributed by atoms with Gasteiger partial charge in [0.1, 0.15) is 0 Å². The van der Waals surface area contributed by atoms with Gasteiger partial charge in [-0.15, -0.1) is 11.6 Å². The molecular weight excluding hydrogens is 256 g/mol. The van der Waals surface area contributed by atoms with Gasteiger partial charge in [0.25, 0.3) is 0 Å². The first-order valence-corrected chi connectivity index (χ1v) is 7.64. The van der Waals surface area contributed by atoms with Gasteiger partial charge in [-0.2, -0.15) is 0 Å². The van der Waals surface area contributed by atoms with Gasteiger partial charge in [-0.1, -0.05) is 31.5 Å². The third-order valence-electron chi connectivity index (χ3n) is 3.83. The van der Waals surface area contributed by atoms with Gasteiger partial charge in [-0.05, 0) is 31.4 Å². The van der Waals surface area contributed by atoms with Crippen molar-refractivity contribution in [3.63, 3.8) is 0 Å². The summed E-state index contributed by atoms with van der Waals surface area (Å²) in [4.78, 5) is 5.69. The average Bonchev–Trinajstić information content (AvgIpc) is 2.83. The van der Waals surface area contributed by atoms with Crippen molar-refractivity contribution in [3.8, 4) is 0 Å². The fraction of sp³-hybridized carbons (Fsp3) is 0.500. The highest BCUT2D eigenvalue weighted by Gasteiger charge is 2.12. The van der Waals surface area contributed by atoms with Crippen LogP contribution in [0.5, 0.6) is 0 Å². The summed E-state index contributed by atoms with van der Waals surface area (Å²) >= 11 is 6.07. The molecule has 104 valence electrons. The van der Waals surface area contributed by atoms with Gasteiger partial charge in [0.15, 0.2) is 0 Å². The third-order valence-corrected chi connectivity index (χ3v) is 4.13. The van der Waals surface area contributed by atoms with Gasteiger partial charge in [-0.25, -0.2) is 0 Å². The molecule has 2 rings (SSSR count). The summed E-state index contributed by atoms with van der Waals surface area (Å²) in [5.74, 6) is 0. The molecule has 2 nitrogen and oxygen atoms in total. The van der Waals surface area contributed by atoms with Gasteiger partial charge in [0, 0.05) is 29.7 Å². The minimum Gasteiger partial charge on any atom is -0.361 e. The number of aromatic nitrogens is 1. The molecular formula is C16H23ClN2. The molecule has 1 N–H and O–H groups in total. The van der Waals surface area contributed by atoms with Crippen LogP contribution in [0.4, 0.5) is 0 Å². The summed E-state index contributed by atoms with van der Waals surface area (Å²) in [5, 5.41) is 1.33. The Bertz CT molecular complexity index is 506. The molecule has 0 saturated heterocycles. The largest absolute Gasteiger partial charge is 0.361 e. The van der Waals surface area contributed by atoms with Crippen LogP contribution in [0.1, 0.15) is 32.3 Å². The molecule has 0 saturated carbocycles. The van der Waals surface area contributed by atoms with E-state index in [1.54, 1.807) is 0 Å². The molecule has 19 heavy (non-hydrogen) atoms. The van der Waals surface area contributed by atoms with E-state index in [0.717, 1.165) is 13.0 Å². The molecule has 2 aromatic rings. The highest BCUT2D eigenvalue weighted by molar-refractivity contribution is 6.17. The minimum atomic E-state index is 0.563. The number of halogens is 1. The first-order chi connectivity index (χ1) is 9.26. The van der Waals surface area contributed by atoms with E-state index in [9.17, 15) is 0 Å². The summed E-state index contributed by atoms with van der Waals surface area (Å²) in [6.45, 7) is 5.51. The second-order valence-electron chi connectivity index (χ2n) is 5.18. The first kappa shape index (κ1) is 14.4. The van der Waals surface area contributed by atoms with E-state index in [-0.39, 0.29) is 0 Å². The molecule has 0 aliphatic rings. The standard InChI is InChI=1S/C16H23ClN2/c1-3-6-13(2)19(12-17)10-9-14-11-18-16-8-5-4-7-15(14)16/h4-5,7-8,11,13,18H,3,6,9-10,12H2,1-2H3. The van der Waals surface area contributed by atoms with Crippen molar-refractivity contribution in [1.29, 1.82) is 0 Å². The zero-order valence-corrected chi connectivity index (χ0v) is 12.6. The topological polar surface area (TPSA) is 19.0 Å². The molecule has 0 aliphatic carbocycles. The van der Waals surface area contributed by atoms with Gasteiger partial charge in [0.05, 0.1) is 6.00 Å². The van der Waals surface area contributed by atoms with Gasteiger partial charge >= 0.3 is 0 Å². The predicted molar refractivity (Wildman–Crippen MR) is 83.8 cm³/mol. The highest BCUT2D eigenvalue weighted by Crippen LogP contribution is 2.19.